The van der Waals surface area contributed by atoms with Crippen LogP contribution in [0.5, 0.6) is 0 Å². The molecule has 1 aromatic carbocycles. The number of aromatic nitrogens is 2. The molecule has 2 rings (SSSR count). The van der Waals surface area contributed by atoms with Gasteiger partial charge >= 0.3 is 0 Å². The number of aliphatic hydroxyl groups is 1. The summed E-state index contributed by atoms with van der Waals surface area (Å²) in [6.07, 6.45) is 0.774. The van der Waals surface area contributed by atoms with E-state index in [2.05, 4.69) is 10.1 Å². The monoisotopic (exact) mass is 250 g/mol. The molecule has 0 radical (unpaired) electrons. The van der Waals surface area contributed by atoms with Gasteiger partial charge in [-0.1, -0.05) is 30.3 Å². The van der Waals surface area contributed by atoms with Gasteiger partial charge in [-0.3, -0.25) is 0 Å². The number of rotatable bonds is 5. The highest BCUT2D eigenvalue weighted by molar-refractivity contribution is 5.20. The van der Waals surface area contributed by atoms with Gasteiger partial charge in [0.05, 0.1) is 12.5 Å². The summed E-state index contributed by atoms with van der Waals surface area (Å²) in [5.41, 5.74) is 0.529. The summed E-state index contributed by atoms with van der Waals surface area (Å²) in [6.45, 7) is 1.88. The topological polar surface area (TPSA) is 59.2 Å². The molecular formula is C13H15FN2O2. The Morgan fingerprint density at radius 3 is 2.89 bits per heavy atom. The second-order valence-corrected chi connectivity index (χ2v) is 4.14. The summed E-state index contributed by atoms with van der Waals surface area (Å²) < 4.78 is 18.4. The lowest BCUT2D eigenvalue weighted by atomic mass is 10.1. The zero-order chi connectivity index (χ0) is 13.0. The number of hydrogen-bond acceptors (Lipinski definition) is 4. The van der Waals surface area contributed by atoms with Crippen LogP contribution in [0.1, 0.15) is 30.6 Å². The molecule has 96 valence electrons. The van der Waals surface area contributed by atoms with E-state index in [1.165, 1.54) is 6.07 Å². The molecule has 1 unspecified atom stereocenters. The third-order valence-corrected chi connectivity index (χ3v) is 2.70. The van der Waals surface area contributed by atoms with Gasteiger partial charge in [0.1, 0.15) is 5.82 Å². The van der Waals surface area contributed by atoms with Crippen LogP contribution in [0.3, 0.4) is 0 Å². The van der Waals surface area contributed by atoms with E-state index in [9.17, 15) is 9.50 Å². The first-order valence-corrected chi connectivity index (χ1v) is 5.92. The molecule has 1 heterocycles. The van der Waals surface area contributed by atoms with Gasteiger partial charge in [0.25, 0.3) is 0 Å². The van der Waals surface area contributed by atoms with Crippen LogP contribution in [0.25, 0.3) is 0 Å². The number of benzene rings is 1. The normalized spacial score (nSPS) is 12.6. The lowest BCUT2D eigenvalue weighted by Gasteiger charge is -2.01. The fraction of sp³-hybridized carbons (Fsp3) is 0.385. The molecular weight excluding hydrogens is 235 g/mol. The first kappa shape index (κ1) is 12.7. The maximum Gasteiger partial charge on any atom is 0.229 e. The van der Waals surface area contributed by atoms with Crippen molar-refractivity contribution in [2.24, 2.45) is 0 Å². The second kappa shape index (κ2) is 5.73. The van der Waals surface area contributed by atoms with Crippen LogP contribution < -0.4 is 0 Å². The fourth-order valence-corrected chi connectivity index (χ4v) is 1.60. The molecule has 2 aromatic rings. The highest BCUT2D eigenvalue weighted by Gasteiger charge is 2.12. The summed E-state index contributed by atoms with van der Waals surface area (Å²) >= 11 is 0. The van der Waals surface area contributed by atoms with Gasteiger partial charge in [-0.15, -0.1) is 0 Å². The summed E-state index contributed by atoms with van der Waals surface area (Å²) in [7, 11) is 0. The van der Waals surface area contributed by atoms with Crippen LogP contribution in [0.4, 0.5) is 4.39 Å². The zero-order valence-electron chi connectivity index (χ0n) is 10.1. The van der Waals surface area contributed by atoms with Gasteiger partial charge in [-0.05, 0) is 18.1 Å². The van der Waals surface area contributed by atoms with Crippen molar-refractivity contribution in [3.63, 3.8) is 0 Å². The SMILES string of the molecule is CCC(O)Cc1nc(Cc2ccccc2F)no1. The van der Waals surface area contributed by atoms with E-state index in [1.54, 1.807) is 18.2 Å². The predicted octanol–water partition coefficient (Wildman–Crippen LogP) is 2.11. The van der Waals surface area contributed by atoms with Crippen molar-refractivity contribution < 1.29 is 14.0 Å². The van der Waals surface area contributed by atoms with E-state index in [0.29, 0.717) is 36.5 Å². The van der Waals surface area contributed by atoms with Crippen molar-refractivity contribution in [3.8, 4) is 0 Å². The Morgan fingerprint density at radius 1 is 1.39 bits per heavy atom. The standard InChI is InChI=1S/C13H15FN2O2/c1-2-10(17)8-13-15-12(16-18-13)7-9-5-3-4-6-11(9)14/h3-6,10,17H,2,7-8H2,1H3. The van der Waals surface area contributed by atoms with E-state index in [-0.39, 0.29) is 5.82 Å². The Morgan fingerprint density at radius 2 is 2.17 bits per heavy atom. The van der Waals surface area contributed by atoms with E-state index < -0.39 is 6.10 Å². The van der Waals surface area contributed by atoms with Gasteiger partial charge in [-0.25, -0.2) is 4.39 Å². The van der Waals surface area contributed by atoms with Crippen LogP contribution in [0.2, 0.25) is 0 Å². The third kappa shape index (κ3) is 3.13. The highest BCUT2D eigenvalue weighted by Crippen LogP contribution is 2.12. The average Bonchev–Trinajstić information content (AvgIpc) is 2.79. The van der Waals surface area contributed by atoms with Crippen molar-refractivity contribution in [2.75, 3.05) is 0 Å². The van der Waals surface area contributed by atoms with Crippen molar-refractivity contribution in [1.29, 1.82) is 0 Å². The summed E-state index contributed by atoms with van der Waals surface area (Å²) in [6, 6.07) is 6.49. The molecule has 5 heteroatoms. The molecule has 0 saturated carbocycles. The van der Waals surface area contributed by atoms with Crippen molar-refractivity contribution in [1.82, 2.24) is 10.1 Å². The molecule has 0 aliphatic rings. The predicted molar refractivity (Wildman–Crippen MR) is 63.5 cm³/mol. The maximum atomic E-state index is 13.4. The van der Waals surface area contributed by atoms with E-state index in [4.69, 9.17) is 4.52 Å². The Labute approximate surface area is 104 Å². The molecule has 4 nitrogen and oxygen atoms in total. The molecule has 0 aliphatic heterocycles. The van der Waals surface area contributed by atoms with Gasteiger partial charge in [-0.2, -0.15) is 4.98 Å². The third-order valence-electron chi connectivity index (χ3n) is 2.70. The highest BCUT2D eigenvalue weighted by atomic mass is 19.1. The lowest BCUT2D eigenvalue weighted by molar-refractivity contribution is 0.158. The van der Waals surface area contributed by atoms with Crippen molar-refractivity contribution in [3.05, 3.63) is 47.4 Å². The Kier molecular flexibility index (Phi) is 4.04. The number of hydrogen-bond donors (Lipinski definition) is 1. The summed E-state index contributed by atoms with van der Waals surface area (Å²) in [5.74, 6) is 0.534. The Bertz CT molecular complexity index is 513. The van der Waals surface area contributed by atoms with Crippen LogP contribution >= 0.6 is 0 Å². The van der Waals surface area contributed by atoms with Crippen LogP contribution in [-0.4, -0.2) is 21.4 Å². The molecule has 0 aliphatic carbocycles. The second-order valence-electron chi connectivity index (χ2n) is 4.14. The van der Waals surface area contributed by atoms with Gasteiger partial charge < -0.3 is 9.63 Å². The van der Waals surface area contributed by atoms with Gasteiger partial charge in [0, 0.05) is 6.42 Å². The van der Waals surface area contributed by atoms with E-state index >= 15 is 0 Å². The van der Waals surface area contributed by atoms with Crippen LogP contribution in [0, 0.1) is 5.82 Å². The number of aliphatic hydroxyl groups excluding tert-OH is 1. The lowest BCUT2D eigenvalue weighted by Crippen LogP contribution is -2.08. The first-order valence-electron chi connectivity index (χ1n) is 5.92. The van der Waals surface area contributed by atoms with E-state index in [0.717, 1.165) is 0 Å². The zero-order valence-corrected chi connectivity index (χ0v) is 10.1. The molecule has 1 aromatic heterocycles. The maximum absolute atomic E-state index is 13.4. The molecule has 0 bridgehead atoms. The van der Waals surface area contributed by atoms with Crippen LogP contribution in [0.15, 0.2) is 28.8 Å². The molecule has 0 saturated heterocycles. The van der Waals surface area contributed by atoms with Gasteiger partial charge in [0.15, 0.2) is 5.82 Å². The molecule has 18 heavy (non-hydrogen) atoms. The quantitative estimate of drug-likeness (QED) is 0.883. The number of nitrogens with zero attached hydrogens (tertiary/aromatic N) is 2. The van der Waals surface area contributed by atoms with Crippen molar-refractivity contribution >= 4 is 0 Å². The van der Waals surface area contributed by atoms with Gasteiger partial charge in [0.2, 0.25) is 5.89 Å². The smallest absolute Gasteiger partial charge is 0.229 e. The first-order chi connectivity index (χ1) is 8.69. The Balaban J connectivity index is 2.05. The molecule has 0 amide bonds. The fourth-order valence-electron chi connectivity index (χ4n) is 1.60. The van der Waals surface area contributed by atoms with E-state index in [1.807, 2.05) is 6.92 Å². The minimum atomic E-state index is -0.480. The minimum Gasteiger partial charge on any atom is -0.393 e. The minimum absolute atomic E-state index is 0.280. The average molecular weight is 250 g/mol. The molecule has 0 spiro atoms. The number of halogens is 1. The van der Waals surface area contributed by atoms with Crippen molar-refractivity contribution in [2.45, 2.75) is 32.3 Å². The van der Waals surface area contributed by atoms with Crippen LogP contribution in [-0.2, 0) is 12.8 Å². The molecule has 0 fully saturated rings. The molecule has 1 atom stereocenters. The largest absolute Gasteiger partial charge is 0.393 e. The Hall–Kier alpha value is -1.75. The summed E-state index contributed by atoms with van der Waals surface area (Å²) in [4.78, 5) is 4.13. The summed E-state index contributed by atoms with van der Waals surface area (Å²) in [5, 5.41) is 13.2. The molecule has 1 N–H and O–H groups in total.